The van der Waals surface area contributed by atoms with Gasteiger partial charge in [0.05, 0.1) is 15.9 Å². The van der Waals surface area contributed by atoms with Gasteiger partial charge in [0.25, 0.3) is 5.69 Å². The lowest BCUT2D eigenvalue weighted by molar-refractivity contribution is -0.384. The minimum Gasteiger partial charge on any atom is -0.289 e. The Morgan fingerprint density at radius 2 is 1.47 bits per heavy atom. The van der Waals surface area contributed by atoms with Gasteiger partial charge < -0.3 is 0 Å². The van der Waals surface area contributed by atoms with E-state index in [2.05, 4.69) is 4.72 Å². The number of carbonyl (C=O) groups excluding carboxylic acids is 1. The molecule has 1 N–H and O–H groups in total. The summed E-state index contributed by atoms with van der Waals surface area (Å²) in [5.41, 5.74) is 2.87. The monoisotopic (exact) mass is 478 g/mol. The molecule has 0 fully saturated rings. The van der Waals surface area contributed by atoms with Gasteiger partial charge in [-0.2, -0.15) is 4.72 Å². The molecule has 0 aromatic heterocycles. The molecule has 0 aliphatic heterocycles. The molecule has 34 heavy (non-hydrogen) atoms. The van der Waals surface area contributed by atoms with Crippen molar-refractivity contribution in [1.29, 1.82) is 0 Å². The zero-order valence-corrected chi connectivity index (χ0v) is 20.0. The number of hydrogen-bond acceptors (Lipinski definition) is 5. The number of nitro groups is 1. The quantitative estimate of drug-likeness (QED) is 0.190. The zero-order chi connectivity index (χ0) is 24.9. The summed E-state index contributed by atoms with van der Waals surface area (Å²) in [6.07, 6.45) is 2.18. The van der Waals surface area contributed by atoms with Gasteiger partial charge >= 0.3 is 0 Å². The lowest BCUT2D eigenvalue weighted by Crippen LogP contribution is -2.32. The van der Waals surface area contributed by atoms with Crippen molar-refractivity contribution in [2.75, 3.05) is 0 Å². The highest BCUT2D eigenvalue weighted by molar-refractivity contribution is 7.89. The van der Waals surface area contributed by atoms with Gasteiger partial charge in [-0.05, 0) is 50.1 Å². The molecule has 176 valence electrons. The predicted octanol–water partition coefficient (Wildman–Crippen LogP) is 5.45. The summed E-state index contributed by atoms with van der Waals surface area (Å²) < 4.78 is 29.2. The van der Waals surface area contributed by atoms with Crippen LogP contribution in [0.25, 0.3) is 0 Å². The van der Waals surface area contributed by atoms with Crippen LogP contribution < -0.4 is 4.72 Å². The van der Waals surface area contributed by atoms with Gasteiger partial charge in [0, 0.05) is 23.3 Å². The number of carbonyl (C=O) groups is 1. The molecular formula is C26H26N2O5S. The van der Waals surface area contributed by atoms with Crippen LogP contribution in [0.1, 0.15) is 46.4 Å². The van der Waals surface area contributed by atoms with Crippen LogP contribution in [-0.2, 0) is 10.0 Å². The van der Waals surface area contributed by atoms with Crippen molar-refractivity contribution in [2.24, 2.45) is 0 Å². The SMILES string of the molecule is CC/C=C(\C(=O)c1ccc([N+](=O)[O-])cc1)C(NS(=O)(=O)c1ccc(C)cc1)c1ccc(C)cc1. The molecule has 1 atom stereocenters. The average Bonchev–Trinajstić information content (AvgIpc) is 2.82. The number of nitro benzene ring substituents is 1. The van der Waals surface area contributed by atoms with E-state index in [0.717, 1.165) is 11.1 Å². The zero-order valence-electron chi connectivity index (χ0n) is 19.2. The van der Waals surface area contributed by atoms with Gasteiger partial charge in [0.1, 0.15) is 0 Å². The van der Waals surface area contributed by atoms with E-state index in [-0.39, 0.29) is 21.7 Å². The van der Waals surface area contributed by atoms with Gasteiger partial charge in [-0.1, -0.05) is 60.5 Å². The number of Topliss-reactive ketones (excluding diaryl/α,β-unsaturated/α-hetero) is 1. The second-order valence-electron chi connectivity index (χ2n) is 7.98. The number of nitrogens with zero attached hydrogens (tertiary/aromatic N) is 1. The number of non-ortho nitro benzene ring substituents is 1. The summed E-state index contributed by atoms with van der Waals surface area (Å²) in [6, 6.07) is 18.0. The standard InChI is InChI=1S/C26H26N2O5S/c1-4-5-24(26(29)21-12-14-22(15-13-21)28(30)31)25(20-10-6-18(2)7-11-20)27-34(32,33)23-16-8-19(3)9-17-23/h5-17,25,27H,4H2,1-3H3/b24-5-. The lowest BCUT2D eigenvalue weighted by atomic mass is 9.91. The fourth-order valence-corrected chi connectivity index (χ4v) is 4.68. The van der Waals surface area contributed by atoms with E-state index in [0.29, 0.717) is 12.0 Å². The number of benzene rings is 3. The fraction of sp³-hybridized carbons (Fsp3) is 0.192. The first-order chi connectivity index (χ1) is 16.1. The highest BCUT2D eigenvalue weighted by atomic mass is 32.2. The Morgan fingerprint density at radius 1 is 0.941 bits per heavy atom. The minimum atomic E-state index is -3.96. The summed E-state index contributed by atoms with van der Waals surface area (Å²) >= 11 is 0. The molecule has 0 saturated heterocycles. The summed E-state index contributed by atoms with van der Waals surface area (Å²) in [7, 11) is -3.96. The van der Waals surface area contributed by atoms with Crippen molar-refractivity contribution >= 4 is 21.5 Å². The largest absolute Gasteiger partial charge is 0.289 e. The maximum Gasteiger partial charge on any atom is 0.269 e. The molecule has 7 nitrogen and oxygen atoms in total. The smallest absolute Gasteiger partial charge is 0.269 e. The van der Waals surface area contributed by atoms with Crippen molar-refractivity contribution in [2.45, 2.75) is 38.1 Å². The number of allylic oxidation sites excluding steroid dienone is 1. The van der Waals surface area contributed by atoms with Gasteiger partial charge in [-0.25, -0.2) is 8.42 Å². The van der Waals surface area contributed by atoms with Gasteiger partial charge in [0.2, 0.25) is 10.0 Å². The Morgan fingerprint density at radius 3 is 1.97 bits per heavy atom. The summed E-state index contributed by atoms with van der Waals surface area (Å²) in [5.74, 6) is -0.408. The fourth-order valence-electron chi connectivity index (χ4n) is 3.47. The van der Waals surface area contributed by atoms with Gasteiger partial charge in [0.15, 0.2) is 5.78 Å². The highest BCUT2D eigenvalue weighted by Gasteiger charge is 2.29. The van der Waals surface area contributed by atoms with Crippen molar-refractivity contribution < 1.29 is 18.1 Å². The molecule has 0 amide bonds. The molecule has 3 aromatic carbocycles. The third-order valence-electron chi connectivity index (χ3n) is 5.35. The van der Waals surface area contributed by atoms with Crippen LogP contribution in [0.2, 0.25) is 0 Å². The third-order valence-corrected chi connectivity index (χ3v) is 6.79. The predicted molar refractivity (Wildman–Crippen MR) is 131 cm³/mol. The maximum absolute atomic E-state index is 13.5. The third kappa shape index (κ3) is 5.84. The van der Waals surface area contributed by atoms with Crippen molar-refractivity contribution in [3.05, 3.63) is 117 Å². The first-order valence-electron chi connectivity index (χ1n) is 10.8. The number of hydrogen-bond donors (Lipinski definition) is 1. The number of nitrogens with one attached hydrogen (secondary N) is 1. The van der Waals surface area contributed by atoms with E-state index in [1.807, 2.05) is 32.9 Å². The Labute approximate surface area is 199 Å². The average molecular weight is 479 g/mol. The van der Waals surface area contributed by atoms with E-state index in [4.69, 9.17) is 0 Å². The van der Waals surface area contributed by atoms with Gasteiger partial charge in [-0.15, -0.1) is 0 Å². The van der Waals surface area contributed by atoms with E-state index in [1.165, 1.54) is 36.4 Å². The molecule has 1 unspecified atom stereocenters. The van der Waals surface area contributed by atoms with E-state index >= 15 is 0 Å². The molecule has 3 aromatic rings. The summed E-state index contributed by atoms with van der Waals surface area (Å²) in [5, 5.41) is 11.0. The van der Waals surface area contributed by atoms with Crippen LogP contribution >= 0.6 is 0 Å². The minimum absolute atomic E-state index is 0.0915. The molecule has 0 spiro atoms. The van der Waals surface area contributed by atoms with Crippen LogP contribution in [0.15, 0.2) is 89.3 Å². The normalized spacial score (nSPS) is 12.9. The Kier molecular flexibility index (Phi) is 7.75. The lowest BCUT2D eigenvalue weighted by Gasteiger charge is -2.22. The molecule has 3 rings (SSSR count). The van der Waals surface area contributed by atoms with E-state index < -0.39 is 26.8 Å². The van der Waals surface area contributed by atoms with E-state index in [1.54, 1.807) is 30.3 Å². The van der Waals surface area contributed by atoms with Crippen molar-refractivity contribution in [1.82, 2.24) is 4.72 Å². The van der Waals surface area contributed by atoms with Crippen molar-refractivity contribution in [3.63, 3.8) is 0 Å². The first-order valence-corrected chi connectivity index (χ1v) is 12.3. The second-order valence-corrected chi connectivity index (χ2v) is 9.69. The number of aryl methyl sites for hydroxylation is 2. The number of ketones is 1. The molecule has 0 heterocycles. The maximum atomic E-state index is 13.5. The van der Waals surface area contributed by atoms with E-state index in [9.17, 15) is 23.3 Å². The molecule has 0 aliphatic rings. The molecule has 0 aliphatic carbocycles. The molecule has 0 bridgehead atoms. The molecule has 0 radical (unpaired) electrons. The Hall–Kier alpha value is -3.62. The Bertz CT molecular complexity index is 1310. The summed E-state index contributed by atoms with van der Waals surface area (Å²) in [4.78, 5) is 24.0. The molecular weight excluding hydrogens is 452 g/mol. The highest BCUT2D eigenvalue weighted by Crippen LogP contribution is 2.29. The molecule has 0 saturated carbocycles. The molecule has 8 heteroatoms. The van der Waals surface area contributed by atoms with Crippen LogP contribution in [0.5, 0.6) is 0 Å². The van der Waals surface area contributed by atoms with Crippen LogP contribution in [0.4, 0.5) is 5.69 Å². The Balaban J connectivity index is 2.07. The number of sulfonamides is 1. The van der Waals surface area contributed by atoms with Crippen molar-refractivity contribution in [3.8, 4) is 0 Å². The van der Waals surface area contributed by atoms with Crippen LogP contribution in [-0.4, -0.2) is 19.1 Å². The van der Waals surface area contributed by atoms with Crippen LogP contribution in [0, 0.1) is 24.0 Å². The van der Waals surface area contributed by atoms with Crippen LogP contribution in [0.3, 0.4) is 0 Å². The second kappa shape index (κ2) is 10.5. The van der Waals surface area contributed by atoms with Gasteiger partial charge in [-0.3, -0.25) is 14.9 Å². The first kappa shape index (κ1) is 25.0. The topological polar surface area (TPSA) is 106 Å². The number of rotatable bonds is 9. The summed E-state index contributed by atoms with van der Waals surface area (Å²) in [6.45, 7) is 5.63.